The smallest absolute Gasteiger partial charge is 0.333 e. The van der Waals surface area contributed by atoms with Crippen LogP contribution in [0, 0.1) is 17.0 Å². The number of aliphatic hydroxyl groups excluding tert-OH is 1. The summed E-state index contributed by atoms with van der Waals surface area (Å²) in [6.07, 6.45) is 1.64. The van der Waals surface area contributed by atoms with Crippen LogP contribution in [0.1, 0.15) is 12.6 Å². The molecule has 0 aromatic carbocycles. The minimum atomic E-state index is -0.433. The molecule has 0 saturated carbocycles. The molecule has 1 heterocycles. The molecule has 0 atom stereocenters. The maximum absolute atomic E-state index is 11.1. The van der Waals surface area contributed by atoms with Crippen LogP contribution in [-0.2, 0) is 6.54 Å². The lowest BCUT2D eigenvalue weighted by Crippen LogP contribution is -2.29. The highest BCUT2D eigenvalue weighted by atomic mass is 16.6. The average molecular weight is 254 g/mol. The van der Waals surface area contributed by atoms with Crippen molar-refractivity contribution in [2.75, 3.05) is 24.6 Å². The number of aliphatic hydroxyl groups is 1. The molecule has 0 saturated heterocycles. The number of hydrogen-bond acceptors (Lipinski definition) is 5. The van der Waals surface area contributed by atoms with Crippen molar-refractivity contribution in [1.29, 1.82) is 0 Å². The summed E-state index contributed by atoms with van der Waals surface area (Å²) in [6, 6.07) is 0. The normalized spacial score (nSPS) is 10.4. The molecule has 7 heteroatoms. The lowest BCUT2D eigenvalue weighted by molar-refractivity contribution is -0.384. The fraction of sp³-hybridized carbons (Fsp3) is 0.545. The van der Waals surface area contributed by atoms with Gasteiger partial charge in [0.05, 0.1) is 11.5 Å². The predicted octanol–water partition coefficient (Wildman–Crippen LogP) is 1.10. The summed E-state index contributed by atoms with van der Waals surface area (Å²) in [5.41, 5.74) is 0.371. The Hall–Kier alpha value is -1.89. The van der Waals surface area contributed by atoms with Crippen molar-refractivity contribution in [1.82, 2.24) is 9.78 Å². The predicted molar refractivity (Wildman–Crippen MR) is 68.8 cm³/mol. The second kappa shape index (κ2) is 6.15. The van der Waals surface area contributed by atoms with Gasteiger partial charge in [-0.1, -0.05) is 6.08 Å². The summed E-state index contributed by atoms with van der Waals surface area (Å²) < 4.78 is 1.58. The van der Waals surface area contributed by atoms with E-state index in [1.165, 1.54) is 0 Å². The van der Waals surface area contributed by atoms with Crippen molar-refractivity contribution in [3.05, 3.63) is 28.5 Å². The molecule has 0 amide bonds. The molecule has 0 unspecified atom stereocenters. The maximum Gasteiger partial charge on any atom is 0.333 e. The van der Waals surface area contributed by atoms with Gasteiger partial charge in [0, 0.05) is 19.6 Å². The Morgan fingerprint density at radius 1 is 1.67 bits per heavy atom. The molecule has 0 spiro atoms. The monoisotopic (exact) mass is 254 g/mol. The molecular weight excluding hydrogens is 236 g/mol. The van der Waals surface area contributed by atoms with Gasteiger partial charge in [-0.25, -0.2) is 4.68 Å². The third kappa shape index (κ3) is 2.67. The van der Waals surface area contributed by atoms with Crippen molar-refractivity contribution in [2.45, 2.75) is 20.4 Å². The van der Waals surface area contributed by atoms with E-state index in [1.54, 1.807) is 22.6 Å². The third-order valence-corrected chi connectivity index (χ3v) is 2.57. The Morgan fingerprint density at radius 2 is 2.33 bits per heavy atom. The minimum absolute atomic E-state index is 0.00727. The van der Waals surface area contributed by atoms with Crippen LogP contribution in [0.15, 0.2) is 12.7 Å². The second-order valence-corrected chi connectivity index (χ2v) is 3.79. The molecule has 100 valence electrons. The van der Waals surface area contributed by atoms with Gasteiger partial charge in [0.25, 0.3) is 0 Å². The standard InChI is InChI=1S/C11H18N4O3/c1-4-6-13(7-8-16)11-10(15(17)18)9(3)12-14(11)5-2/h4,16H,1,5-8H2,2-3H3. The topological polar surface area (TPSA) is 84.4 Å². The van der Waals surface area contributed by atoms with Gasteiger partial charge in [-0.15, -0.1) is 6.58 Å². The quantitative estimate of drug-likeness (QED) is 0.447. The first-order valence-electron chi connectivity index (χ1n) is 5.75. The SMILES string of the molecule is C=CCN(CCO)c1c([N+](=O)[O-])c(C)nn1CC. The Morgan fingerprint density at radius 3 is 2.78 bits per heavy atom. The molecule has 1 rings (SSSR count). The summed E-state index contributed by atoms with van der Waals surface area (Å²) in [6.45, 7) is 8.27. The first-order chi connectivity index (χ1) is 8.56. The molecule has 0 radical (unpaired) electrons. The highest BCUT2D eigenvalue weighted by molar-refractivity contribution is 5.61. The summed E-state index contributed by atoms with van der Waals surface area (Å²) >= 11 is 0. The number of hydrogen-bond donors (Lipinski definition) is 1. The number of nitro groups is 1. The summed E-state index contributed by atoms with van der Waals surface area (Å²) in [7, 11) is 0. The molecule has 1 aromatic rings. The van der Waals surface area contributed by atoms with Gasteiger partial charge in [0.1, 0.15) is 5.69 Å². The van der Waals surface area contributed by atoms with Crippen molar-refractivity contribution >= 4 is 11.5 Å². The number of aryl methyl sites for hydroxylation is 2. The van der Waals surface area contributed by atoms with E-state index < -0.39 is 4.92 Å². The van der Waals surface area contributed by atoms with Crippen LogP contribution in [0.4, 0.5) is 11.5 Å². The fourth-order valence-electron chi connectivity index (χ4n) is 1.87. The lowest BCUT2D eigenvalue weighted by Gasteiger charge is -2.21. The number of anilines is 1. The van der Waals surface area contributed by atoms with Crippen molar-refractivity contribution < 1.29 is 10.0 Å². The van der Waals surface area contributed by atoms with Gasteiger partial charge in [-0.05, 0) is 13.8 Å². The van der Waals surface area contributed by atoms with Gasteiger partial charge in [0.15, 0.2) is 0 Å². The second-order valence-electron chi connectivity index (χ2n) is 3.79. The van der Waals surface area contributed by atoms with Crippen LogP contribution in [-0.4, -0.2) is 39.5 Å². The van der Waals surface area contributed by atoms with E-state index in [0.717, 1.165) is 0 Å². The van der Waals surface area contributed by atoms with E-state index in [4.69, 9.17) is 5.11 Å². The Bertz CT molecular complexity index is 442. The largest absolute Gasteiger partial charge is 0.395 e. The van der Waals surface area contributed by atoms with Crippen LogP contribution in [0.3, 0.4) is 0 Å². The Kier molecular flexibility index (Phi) is 4.85. The molecule has 0 bridgehead atoms. The highest BCUT2D eigenvalue weighted by Crippen LogP contribution is 2.31. The average Bonchev–Trinajstić information content (AvgIpc) is 2.65. The van der Waals surface area contributed by atoms with Crippen molar-refractivity contribution in [3.8, 4) is 0 Å². The summed E-state index contributed by atoms with van der Waals surface area (Å²) in [5.74, 6) is 0.425. The van der Waals surface area contributed by atoms with Gasteiger partial charge in [-0.3, -0.25) is 10.1 Å². The number of rotatable bonds is 7. The van der Waals surface area contributed by atoms with Crippen molar-refractivity contribution in [3.63, 3.8) is 0 Å². The van der Waals surface area contributed by atoms with Gasteiger partial charge in [-0.2, -0.15) is 5.10 Å². The fourth-order valence-corrected chi connectivity index (χ4v) is 1.87. The van der Waals surface area contributed by atoms with Crippen LogP contribution >= 0.6 is 0 Å². The molecule has 0 aliphatic rings. The molecule has 18 heavy (non-hydrogen) atoms. The van der Waals surface area contributed by atoms with E-state index in [1.807, 2.05) is 6.92 Å². The molecular formula is C11H18N4O3. The van der Waals surface area contributed by atoms with Gasteiger partial charge >= 0.3 is 5.69 Å². The van der Waals surface area contributed by atoms with E-state index >= 15 is 0 Å². The zero-order valence-electron chi connectivity index (χ0n) is 10.7. The summed E-state index contributed by atoms with van der Waals surface area (Å²) in [5, 5.41) is 24.3. The van der Waals surface area contributed by atoms with Crippen molar-refractivity contribution in [2.24, 2.45) is 0 Å². The number of aromatic nitrogens is 2. The van der Waals surface area contributed by atoms with E-state index in [-0.39, 0.29) is 12.3 Å². The molecule has 7 nitrogen and oxygen atoms in total. The lowest BCUT2D eigenvalue weighted by atomic mass is 10.3. The molecule has 0 aliphatic heterocycles. The van der Waals surface area contributed by atoms with Gasteiger partial charge < -0.3 is 10.0 Å². The first kappa shape index (κ1) is 14.2. The molecule has 0 aliphatic carbocycles. The molecule has 1 aromatic heterocycles. The third-order valence-electron chi connectivity index (χ3n) is 2.57. The maximum atomic E-state index is 11.1. The zero-order valence-corrected chi connectivity index (χ0v) is 10.7. The van der Waals surface area contributed by atoms with Crippen LogP contribution < -0.4 is 4.90 Å². The first-order valence-corrected chi connectivity index (χ1v) is 5.75. The van der Waals surface area contributed by atoms with E-state index in [2.05, 4.69) is 11.7 Å². The Balaban J connectivity index is 3.32. The molecule has 1 N–H and O–H groups in total. The van der Waals surface area contributed by atoms with Crippen LogP contribution in [0.5, 0.6) is 0 Å². The van der Waals surface area contributed by atoms with Crippen LogP contribution in [0.25, 0.3) is 0 Å². The Labute approximate surface area is 105 Å². The molecule has 0 fully saturated rings. The minimum Gasteiger partial charge on any atom is -0.395 e. The van der Waals surface area contributed by atoms with Gasteiger partial charge in [0.2, 0.25) is 5.82 Å². The van der Waals surface area contributed by atoms with E-state index in [9.17, 15) is 10.1 Å². The van der Waals surface area contributed by atoms with Crippen LogP contribution in [0.2, 0.25) is 0 Å². The highest BCUT2D eigenvalue weighted by Gasteiger charge is 2.28. The number of nitrogens with zero attached hydrogens (tertiary/aromatic N) is 4. The summed E-state index contributed by atoms with van der Waals surface area (Å²) in [4.78, 5) is 12.4. The van der Waals surface area contributed by atoms with E-state index in [0.29, 0.717) is 31.1 Å². The zero-order chi connectivity index (χ0) is 13.7.